The summed E-state index contributed by atoms with van der Waals surface area (Å²) in [7, 11) is 0. The highest BCUT2D eigenvalue weighted by atomic mass is 16.5. The van der Waals surface area contributed by atoms with E-state index in [1.54, 1.807) is 18.5 Å². The third-order valence-corrected chi connectivity index (χ3v) is 4.18. The van der Waals surface area contributed by atoms with Crippen LogP contribution in [0.15, 0.2) is 35.1 Å². The SMILES string of the molecule is Cc1noc2c1CCCc1[nH]cc(C(=O)Nc3ccccn3)c1-2. The Hall–Kier alpha value is -2.89. The number of hydrogen-bond acceptors (Lipinski definition) is 4. The molecule has 1 aliphatic rings. The molecule has 23 heavy (non-hydrogen) atoms. The van der Waals surface area contributed by atoms with Crippen molar-refractivity contribution < 1.29 is 9.32 Å². The molecule has 116 valence electrons. The molecule has 1 aliphatic carbocycles. The number of rotatable bonds is 2. The lowest BCUT2D eigenvalue weighted by molar-refractivity contribution is 0.102. The van der Waals surface area contributed by atoms with Crippen molar-refractivity contribution in [2.75, 3.05) is 5.32 Å². The van der Waals surface area contributed by atoms with Gasteiger partial charge in [-0.25, -0.2) is 4.98 Å². The lowest BCUT2D eigenvalue weighted by Gasteiger charge is -2.05. The Balaban J connectivity index is 1.76. The molecule has 3 aromatic rings. The number of pyridine rings is 1. The van der Waals surface area contributed by atoms with Crippen molar-refractivity contribution in [3.8, 4) is 11.3 Å². The molecule has 0 saturated heterocycles. The number of amides is 1. The van der Waals surface area contributed by atoms with Crippen LogP contribution >= 0.6 is 0 Å². The summed E-state index contributed by atoms with van der Waals surface area (Å²) in [5, 5.41) is 6.89. The van der Waals surface area contributed by atoms with Gasteiger partial charge in [0.1, 0.15) is 5.82 Å². The largest absolute Gasteiger partial charge is 0.364 e. The Morgan fingerprint density at radius 3 is 3.09 bits per heavy atom. The number of carbonyl (C=O) groups is 1. The van der Waals surface area contributed by atoms with E-state index in [1.165, 1.54) is 0 Å². The van der Waals surface area contributed by atoms with E-state index in [2.05, 4.69) is 20.4 Å². The van der Waals surface area contributed by atoms with E-state index >= 15 is 0 Å². The van der Waals surface area contributed by atoms with Crippen LogP contribution in [0.4, 0.5) is 5.82 Å². The van der Waals surface area contributed by atoms with Crippen molar-refractivity contribution in [3.05, 3.63) is 53.1 Å². The lowest BCUT2D eigenvalue weighted by atomic mass is 10.0. The first-order valence-electron chi connectivity index (χ1n) is 7.62. The minimum absolute atomic E-state index is 0.205. The van der Waals surface area contributed by atoms with Gasteiger partial charge in [0.15, 0.2) is 5.76 Å². The van der Waals surface area contributed by atoms with E-state index < -0.39 is 0 Å². The van der Waals surface area contributed by atoms with Crippen LogP contribution in [-0.4, -0.2) is 21.0 Å². The van der Waals surface area contributed by atoms with Crippen LogP contribution in [0, 0.1) is 6.92 Å². The molecule has 0 atom stereocenters. The highest BCUT2D eigenvalue weighted by molar-refractivity contribution is 6.08. The van der Waals surface area contributed by atoms with Gasteiger partial charge < -0.3 is 14.8 Å². The fourth-order valence-electron chi connectivity index (χ4n) is 3.04. The minimum Gasteiger partial charge on any atom is -0.364 e. The van der Waals surface area contributed by atoms with Crippen LogP contribution < -0.4 is 5.32 Å². The molecule has 0 aromatic carbocycles. The van der Waals surface area contributed by atoms with Crippen LogP contribution in [0.5, 0.6) is 0 Å². The second kappa shape index (κ2) is 5.39. The van der Waals surface area contributed by atoms with E-state index in [1.807, 2.05) is 19.1 Å². The number of aromatic nitrogens is 3. The Morgan fingerprint density at radius 1 is 1.35 bits per heavy atom. The summed E-state index contributed by atoms with van der Waals surface area (Å²) in [4.78, 5) is 20.0. The van der Waals surface area contributed by atoms with E-state index in [-0.39, 0.29) is 5.91 Å². The number of hydrogen-bond donors (Lipinski definition) is 2. The Bertz CT molecular complexity index is 864. The predicted molar refractivity (Wildman–Crippen MR) is 85.2 cm³/mol. The first-order valence-corrected chi connectivity index (χ1v) is 7.62. The van der Waals surface area contributed by atoms with Gasteiger partial charge in [0.2, 0.25) is 0 Å². The van der Waals surface area contributed by atoms with Crippen molar-refractivity contribution in [2.24, 2.45) is 0 Å². The Kier molecular flexibility index (Phi) is 3.22. The number of aryl methyl sites for hydroxylation is 2. The first kappa shape index (κ1) is 13.8. The van der Waals surface area contributed by atoms with Crippen LogP contribution in [-0.2, 0) is 12.8 Å². The maximum Gasteiger partial charge on any atom is 0.259 e. The normalized spacial score (nSPS) is 13.1. The number of H-pyrrole nitrogens is 1. The van der Waals surface area contributed by atoms with Gasteiger partial charge in [0, 0.05) is 23.7 Å². The molecule has 0 radical (unpaired) electrons. The van der Waals surface area contributed by atoms with E-state index in [4.69, 9.17) is 4.52 Å². The van der Waals surface area contributed by atoms with E-state index in [0.717, 1.165) is 41.8 Å². The second-order valence-electron chi connectivity index (χ2n) is 5.65. The molecular formula is C17H16N4O2. The van der Waals surface area contributed by atoms with Crippen LogP contribution in [0.3, 0.4) is 0 Å². The van der Waals surface area contributed by atoms with E-state index in [0.29, 0.717) is 17.1 Å². The van der Waals surface area contributed by atoms with Crippen molar-refractivity contribution >= 4 is 11.7 Å². The molecule has 2 N–H and O–H groups in total. The van der Waals surface area contributed by atoms with Crippen LogP contribution in [0.25, 0.3) is 11.3 Å². The van der Waals surface area contributed by atoms with E-state index in [9.17, 15) is 4.79 Å². The monoisotopic (exact) mass is 308 g/mol. The van der Waals surface area contributed by atoms with Gasteiger partial charge in [0.25, 0.3) is 5.91 Å². The van der Waals surface area contributed by atoms with Gasteiger partial charge in [-0.3, -0.25) is 4.79 Å². The van der Waals surface area contributed by atoms with Crippen molar-refractivity contribution in [3.63, 3.8) is 0 Å². The second-order valence-corrected chi connectivity index (χ2v) is 5.65. The summed E-state index contributed by atoms with van der Waals surface area (Å²) >= 11 is 0. The smallest absolute Gasteiger partial charge is 0.259 e. The van der Waals surface area contributed by atoms with Crippen molar-refractivity contribution in [1.82, 2.24) is 15.1 Å². The average molecular weight is 308 g/mol. The van der Waals surface area contributed by atoms with Crippen molar-refractivity contribution in [2.45, 2.75) is 26.2 Å². The summed E-state index contributed by atoms with van der Waals surface area (Å²) in [6, 6.07) is 5.40. The van der Waals surface area contributed by atoms with Gasteiger partial charge in [-0.1, -0.05) is 11.2 Å². The van der Waals surface area contributed by atoms with Crippen LogP contribution in [0.1, 0.15) is 33.7 Å². The molecule has 0 saturated carbocycles. The molecule has 6 nitrogen and oxygen atoms in total. The third-order valence-electron chi connectivity index (χ3n) is 4.18. The summed E-state index contributed by atoms with van der Waals surface area (Å²) in [5.74, 6) is 1.03. The van der Waals surface area contributed by atoms with Gasteiger partial charge in [-0.2, -0.15) is 0 Å². The molecule has 6 heteroatoms. The highest BCUT2D eigenvalue weighted by Crippen LogP contribution is 2.36. The summed E-state index contributed by atoms with van der Waals surface area (Å²) in [5.41, 5.74) is 4.39. The maximum absolute atomic E-state index is 12.6. The zero-order chi connectivity index (χ0) is 15.8. The Labute approximate surface area is 132 Å². The Morgan fingerprint density at radius 2 is 2.26 bits per heavy atom. The van der Waals surface area contributed by atoms with Gasteiger partial charge in [-0.05, 0) is 38.3 Å². The summed E-state index contributed by atoms with van der Waals surface area (Å²) < 4.78 is 5.53. The molecule has 0 fully saturated rings. The zero-order valence-corrected chi connectivity index (χ0v) is 12.7. The van der Waals surface area contributed by atoms with Crippen molar-refractivity contribution in [1.29, 1.82) is 0 Å². The number of nitrogens with one attached hydrogen (secondary N) is 2. The van der Waals surface area contributed by atoms with Gasteiger partial charge in [0.05, 0.1) is 16.8 Å². The predicted octanol–water partition coefficient (Wildman–Crippen LogP) is 3.11. The van der Waals surface area contributed by atoms with Gasteiger partial charge >= 0.3 is 0 Å². The summed E-state index contributed by atoms with van der Waals surface area (Å²) in [6.07, 6.45) is 6.18. The van der Waals surface area contributed by atoms with Crippen LogP contribution in [0.2, 0.25) is 0 Å². The number of anilines is 1. The minimum atomic E-state index is -0.205. The molecular weight excluding hydrogens is 292 g/mol. The average Bonchev–Trinajstić information content (AvgIpc) is 3.08. The molecule has 1 amide bonds. The number of fused-ring (bicyclic) bond motifs is 3. The zero-order valence-electron chi connectivity index (χ0n) is 12.7. The number of carbonyl (C=O) groups excluding carboxylic acids is 1. The molecule has 0 unspecified atom stereocenters. The molecule has 0 aliphatic heterocycles. The quantitative estimate of drug-likeness (QED) is 0.762. The molecule has 3 aromatic heterocycles. The molecule has 3 heterocycles. The maximum atomic E-state index is 12.6. The lowest BCUT2D eigenvalue weighted by Crippen LogP contribution is -2.13. The standard InChI is InChI=1S/C17H16N4O2/c1-10-11-5-4-6-13-15(16(11)23-21-10)12(9-19-13)17(22)20-14-7-2-3-8-18-14/h2-3,7-9,19H,4-6H2,1H3,(H,18,20,22). The number of aromatic amines is 1. The fraction of sp³-hybridized carbons (Fsp3) is 0.235. The topological polar surface area (TPSA) is 83.8 Å². The fourth-order valence-corrected chi connectivity index (χ4v) is 3.04. The number of nitrogens with zero attached hydrogens (tertiary/aromatic N) is 2. The molecule has 4 rings (SSSR count). The first-order chi connectivity index (χ1) is 11.2. The molecule has 0 spiro atoms. The van der Waals surface area contributed by atoms with Gasteiger partial charge in [-0.15, -0.1) is 0 Å². The third kappa shape index (κ3) is 2.32. The highest BCUT2D eigenvalue weighted by Gasteiger charge is 2.27. The molecule has 0 bridgehead atoms. The summed E-state index contributed by atoms with van der Waals surface area (Å²) in [6.45, 7) is 1.94.